The lowest BCUT2D eigenvalue weighted by Gasteiger charge is -2.34. The predicted octanol–water partition coefficient (Wildman–Crippen LogP) is 4.16. The molecule has 10 heteroatoms. The van der Waals surface area contributed by atoms with Crippen LogP contribution in [0.4, 0.5) is 11.4 Å². The second kappa shape index (κ2) is 9.36. The Morgan fingerprint density at radius 3 is 2.03 bits per heavy atom. The number of anilines is 2. The van der Waals surface area contributed by atoms with Gasteiger partial charge in [0, 0.05) is 27.2 Å². The van der Waals surface area contributed by atoms with Crippen molar-refractivity contribution >= 4 is 43.0 Å². The number of hydrogen-bond acceptors (Lipinski definition) is 5. The van der Waals surface area contributed by atoms with Crippen molar-refractivity contribution in [1.29, 1.82) is 0 Å². The molecule has 0 aromatic heterocycles. The standard InChI is InChI=1S/C21H28ClN3O4S2/c1-24(2)31(28,29)18-14-12-17(13-15-18)30(26,27)23-21-19(22)10-7-11-20(21)25(3)16-8-5-4-6-9-16/h7,10-16,23H,4-6,8-9H2,1-3H3. The van der Waals surface area contributed by atoms with Crippen LogP contribution in [0, 0.1) is 0 Å². The number of rotatable bonds is 7. The summed E-state index contributed by atoms with van der Waals surface area (Å²) in [6.45, 7) is 0. The van der Waals surface area contributed by atoms with Crippen molar-refractivity contribution in [2.24, 2.45) is 0 Å². The minimum Gasteiger partial charge on any atom is -0.370 e. The summed E-state index contributed by atoms with van der Waals surface area (Å²) >= 11 is 6.39. The molecule has 0 aliphatic heterocycles. The van der Waals surface area contributed by atoms with E-state index in [1.807, 2.05) is 13.1 Å². The molecule has 0 atom stereocenters. The molecule has 0 saturated heterocycles. The van der Waals surface area contributed by atoms with Gasteiger partial charge in [-0.2, -0.15) is 0 Å². The molecule has 0 radical (unpaired) electrons. The van der Waals surface area contributed by atoms with E-state index in [1.165, 1.54) is 44.8 Å². The highest BCUT2D eigenvalue weighted by molar-refractivity contribution is 7.92. The molecule has 0 unspecified atom stereocenters. The molecule has 1 N–H and O–H groups in total. The Morgan fingerprint density at radius 2 is 1.45 bits per heavy atom. The van der Waals surface area contributed by atoms with Gasteiger partial charge in [0.2, 0.25) is 10.0 Å². The zero-order valence-electron chi connectivity index (χ0n) is 17.9. The van der Waals surface area contributed by atoms with E-state index in [0.29, 0.717) is 16.8 Å². The number of nitrogens with one attached hydrogen (secondary N) is 1. The Kier molecular flexibility index (Phi) is 7.20. The van der Waals surface area contributed by atoms with Gasteiger partial charge < -0.3 is 4.90 Å². The van der Waals surface area contributed by atoms with Gasteiger partial charge >= 0.3 is 0 Å². The van der Waals surface area contributed by atoms with Crippen molar-refractivity contribution in [3.8, 4) is 0 Å². The second-order valence-electron chi connectivity index (χ2n) is 7.90. The molecule has 1 aliphatic carbocycles. The molecule has 7 nitrogen and oxygen atoms in total. The van der Waals surface area contributed by atoms with Crippen LogP contribution in [-0.2, 0) is 20.0 Å². The SMILES string of the molecule is CN(c1cccc(Cl)c1NS(=O)(=O)c1ccc(S(=O)(=O)N(C)C)cc1)C1CCCCC1. The van der Waals surface area contributed by atoms with Crippen LogP contribution in [0.5, 0.6) is 0 Å². The Balaban J connectivity index is 1.91. The first-order valence-corrected chi connectivity index (χ1v) is 13.4. The molecule has 3 rings (SSSR count). The average molecular weight is 486 g/mol. The van der Waals surface area contributed by atoms with E-state index >= 15 is 0 Å². The van der Waals surface area contributed by atoms with Crippen molar-refractivity contribution in [2.75, 3.05) is 30.8 Å². The molecule has 0 spiro atoms. The van der Waals surface area contributed by atoms with Gasteiger partial charge in [0.25, 0.3) is 10.0 Å². The van der Waals surface area contributed by atoms with Crippen LogP contribution in [0.1, 0.15) is 32.1 Å². The van der Waals surface area contributed by atoms with E-state index in [0.717, 1.165) is 35.7 Å². The van der Waals surface area contributed by atoms with Crippen LogP contribution < -0.4 is 9.62 Å². The van der Waals surface area contributed by atoms with Gasteiger partial charge in [-0.3, -0.25) is 4.72 Å². The van der Waals surface area contributed by atoms with Crippen LogP contribution in [0.15, 0.2) is 52.3 Å². The highest BCUT2D eigenvalue weighted by atomic mass is 35.5. The molecule has 1 aliphatic rings. The average Bonchev–Trinajstić information content (AvgIpc) is 2.75. The van der Waals surface area contributed by atoms with Gasteiger partial charge in [-0.05, 0) is 49.2 Å². The summed E-state index contributed by atoms with van der Waals surface area (Å²) in [5, 5.41) is 0.301. The van der Waals surface area contributed by atoms with Crippen LogP contribution in [0.2, 0.25) is 5.02 Å². The molecule has 0 bridgehead atoms. The summed E-state index contributed by atoms with van der Waals surface area (Å²) in [4.78, 5) is 2.07. The zero-order chi connectivity index (χ0) is 22.8. The van der Waals surface area contributed by atoms with E-state index in [4.69, 9.17) is 11.6 Å². The maximum Gasteiger partial charge on any atom is 0.262 e. The number of sulfonamides is 2. The molecule has 31 heavy (non-hydrogen) atoms. The molecule has 2 aromatic rings. The van der Waals surface area contributed by atoms with E-state index < -0.39 is 20.0 Å². The number of nitrogens with zero attached hydrogens (tertiary/aromatic N) is 2. The van der Waals surface area contributed by atoms with Gasteiger partial charge in [0.15, 0.2) is 0 Å². The third-order valence-electron chi connectivity index (χ3n) is 5.64. The largest absolute Gasteiger partial charge is 0.370 e. The molecular formula is C21H28ClN3O4S2. The summed E-state index contributed by atoms with van der Waals surface area (Å²) in [5.41, 5.74) is 1.04. The summed E-state index contributed by atoms with van der Waals surface area (Å²) in [7, 11) is -2.82. The van der Waals surface area contributed by atoms with E-state index in [1.54, 1.807) is 12.1 Å². The lowest BCUT2D eigenvalue weighted by molar-refractivity contribution is 0.428. The minimum absolute atomic E-state index is 0.0203. The first kappa shape index (κ1) is 23.8. The number of hydrogen-bond donors (Lipinski definition) is 1. The third-order valence-corrected chi connectivity index (χ3v) is 9.15. The van der Waals surface area contributed by atoms with Crippen molar-refractivity contribution in [1.82, 2.24) is 4.31 Å². The Morgan fingerprint density at radius 1 is 0.871 bits per heavy atom. The molecule has 0 amide bonds. The summed E-state index contributed by atoms with van der Waals surface area (Å²) in [6.07, 6.45) is 5.63. The smallest absolute Gasteiger partial charge is 0.262 e. The van der Waals surface area contributed by atoms with Crippen LogP contribution in [-0.4, -0.2) is 48.3 Å². The highest BCUT2D eigenvalue weighted by Crippen LogP contribution is 2.37. The van der Waals surface area contributed by atoms with Gasteiger partial charge in [0.1, 0.15) is 0 Å². The first-order chi connectivity index (χ1) is 14.5. The lowest BCUT2D eigenvalue weighted by atomic mass is 9.94. The molecule has 2 aromatic carbocycles. The van der Waals surface area contributed by atoms with Crippen molar-refractivity contribution in [3.05, 3.63) is 47.5 Å². The van der Waals surface area contributed by atoms with Crippen LogP contribution in [0.3, 0.4) is 0 Å². The maximum atomic E-state index is 13.1. The fourth-order valence-electron chi connectivity index (χ4n) is 3.77. The van der Waals surface area contributed by atoms with Crippen LogP contribution >= 0.6 is 11.6 Å². The monoisotopic (exact) mass is 485 g/mol. The minimum atomic E-state index is -3.97. The van der Waals surface area contributed by atoms with Crippen molar-refractivity contribution in [2.45, 2.75) is 47.9 Å². The van der Waals surface area contributed by atoms with Gasteiger partial charge in [-0.1, -0.05) is 36.9 Å². The van der Waals surface area contributed by atoms with Gasteiger partial charge in [-0.15, -0.1) is 0 Å². The van der Waals surface area contributed by atoms with Gasteiger partial charge in [0.05, 0.1) is 26.2 Å². The predicted molar refractivity (Wildman–Crippen MR) is 125 cm³/mol. The second-order valence-corrected chi connectivity index (χ2v) is 12.1. The Hall–Kier alpha value is -1.81. The zero-order valence-corrected chi connectivity index (χ0v) is 20.3. The first-order valence-electron chi connectivity index (χ1n) is 10.1. The maximum absolute atomic E-state index is 13.1. The third kappa shape index (κ3) is 5.16. The Bertz CT molecular complexity index is 1130. The van der Waals surface area contributed by atoms with Gasteiger partial charge in [-0.25, -0.2) is 21.1 Å². The topological polar surface area (TPSA) is 86.8 Å². The Labute approximate surface area is 190 Å². The summed E-state index contributed by atoms with van der Waals surface area (Å²) in [5.74, 6) is 0. The van der Waals surface area contributed by atoms with E-state index in [-0.39, 0.29) is 9.79 Å². The van der Waals surface area contributed by atoms with Crippen molar-refractivity contribution in [3.63, 3.8) is 0 Å². The molecule has 170 valence electrons. The summed E-state index contributed by atoms with van der Waals surface area (Å²) in [6, 6.07) is 10.7. The molecule has 1 fully saturated rings. The van der Waals surface area contributed by atoms with Crippen LogP contribution in [0.25, 0.3) is 0 Å². The number of benzene rings is 2. The molecule has 0 heterocycles. The van der Waals surface area contributed by atoms with E-state index in [9.17, 15) is 16.8 Å². The highest BCUT2D eigenvalue weighted by Gasteiger charge is 2.25. The molecule has 1 saturated carbocycles. The number of halogens is 1. The fraction of sp³-hybridized carbons (Fsp3) is 0.429. The lowest BCUT2D eigenvalue weighted by Crippen LogP contribution is -2.34. The van der Waals surface area contributed by atoms with E-state index in [2.05, 4.69) is 9.62 Å². The quantitative estimate of drug-likeness (QED) is 0.636. The normalized spacial score (nSPS) is 15.8. The molecular weight excluding hydrogens is 458 g/mol. The number of para-hydroxylation sites is 1. The summed E-state index contributed by atoms with van der Waals surface area (Å²) < 4.78 is 54.3. The fourth-order valence-corrected chi connectivity index (χ4v) is 6.04. The van der Waals surface area contributed by atoms with Crippen molar-refractivity contribution < 1.29 is 16.8 Å².